The Morgan fingerprint density at radius 3 is 2.33 bits per heavy atom. The molecular weight excluding hydrogens is 190 g/mol. The fourth-order valence-electron chi connectivity index (χ4n) is 2.98. The van der Waals surface area contributed by atoms with Crippen LogP contribution in [-0.2, 0) is 4.79 Å². The second-order valence-corrected chi connectivity index (χ2v) is 4.93. The van der Waals surface area contributed by atoms with Crippen molar-refractivity contribution in [1.29, 1.82) is 0 Å². The maximum absolute atomic E-state index is 10.9. The highest BCUT2D eigenvalue weighted by molar-refractivity contribution is 5.73. The number of nitrogens with two attached hydrogens (primary N) is 1. The van der Waals surface area contributed by atoms with Crippen LogP contribution >= 0.6 is 0 Å². The van der Waals surface area contributed by atoms with Gasteiger partial charge in [0.05, 0.1) is 0 Å². The van der Waals surface area contributed by atoms with Crippen LogP contribution in [0.15, 0.2) is 0 Å². The molecule has 1 aliphatic carbocycles. The van der Waals surface area contributed by atoms with Crippen LogP contribution in [0.25, 0.3) is 0 Å². The van der Waals surface area contributed by atoms with Gasteiger partial charge in [0.2, 0.25) is 0 Å². The van der Waals surface area contributed by atoms with Crippen LogP contribution in [0, 0.1) is 11.3 Å². The molecule has 3 N–H and O–H groups in total. The Hall–Kier alpha value is -0.570. The number of hydrogen-bond acceptors (Lipinski definition) is 2. The Bertz CT molecular complexity index is 222. The molecule has 2 atom stereocenters. The van der Waals surface area contributed by atoms with Gasteiger partial charge in [0.1, 0.15) is 6.04 Å². The van der Waals surface area contributed by atoms with Gasteiger partial charge in [0, 0.05) is 0 Å². The minimum atomic E-state index is -0.860. The zero-order valence-corrected chi connectivity index (χ0v) is 9.83. The molecule has 1 rings (SSSR count). The van der Waals surface area contributed by atoms with Gasteiger partial charge in [-0.2, -0.15) is 0 Å². The smallest absolute Gasteiger partial charge is 0.320 e. The van der Waals surface area contributed by atoms with Crippen LogP contribution in [0.2, 0.25) is 0 Å². The minimum Gasteiger partial charge on any atom is -0.480 e. The number of carboxylic acids is 1. The van der Waals surface area contributed by atoms with Gasteiger partial charge < -0.3 is 10.8 Å². The van der Waals surface area contributed by atoms with E-state index in [4.69, 9.17) is 10.8 Å². The van der Waals surface area contributed by atoms with Gasteiger partial charge in [-0.25, -0.2) is 0 Å². The molecular formula is C12H23NO2. The van der Waals surface area contributed by atoms with Crippen molar-refractivity contribution in [3.05, 3.63) is 0 Å². The van der Waals surface area contributed by atoms with E-state index < -0.39 is 12.0 Å². The summed E-state index contributed by atoms with van der Waals surface area (Å²) in [4.78, 5) is 10.9. The zero-order chi connectivity index (χ0) is 11.5. The molecule has 2 unspecified atom stereocenters. The summed E-state index contributed by atoms with van der Waals surface area (Å²) in [6.07, 6.45) is 7.08. The summed E-state index contributed by atoms with van der Waals surface area (Å²) in [5.41, 5.74) is 5.93. The summed E-state index contributed by atoms with van der Waals surface area (Å²) >= 11 is 0. The highest BCUT2D eigenvalue weighted by atomic mass is 16.4. The van der Waals surface area contributed by atoms with Crippen molar-refractivity contribution in [2.75, 3.05) is 0 Å². The third-order valence-corrected chi connectivity index (χ3v) is 4.34. The lowest BCUT2D eigenvalue weighted by atomic mass is 9.63. The second-order valence-electron chi connectivity index (χ2n) is 4.93. The zero-order valence-electron chi connectivity index (χ0n) is 9.83. The summed E-state index contributed by atoms with van der Waals surface area (Å²) in [7, 11) is 0. The number of aliphatic carboxylic acids is 1. The summed E-state index contributed by atoms with van der Waals surface area (Å²) < 4.78 is 0. The van der Waals surface area contributed by atoms with E-state index in [-0.39, 0.29) is 11.3 Å². The molecule has 1 saturated carbocycles. The van der Waals surface area contributed by atoms with Crippen LogP contribution in [-0.4, -0.2) is 17.1 Å². The van der Waals surface area contributed by atoms with Crippen LogP contribution in [0.4, 0.5) is 0 Å². The Morgan fingerprint density at radius 2 is 1.93 bits per heavy atom. The van der Waals surface area contributed by atoms with Gasteiger partial charge in [-0.3, -0.25) is 4.79 Å². The SMILES string of the molecule is CCC1(C(C)C(N)C(=O)O)CCCCC1. The summed E-state index contributed by atoms with van der Waals surface area (Å²) in [5.74, 6) is -0.777. The Kier molecular flexibility index (Phi) is 4.14. The molecule has 0 bridgehead atoms. The number of hydrogen-bond donors (Lipinski definition) is 2. The van der Waals surface area contributed by atoms with E-state index in [9.17, 15) is 4.79 Å². The van der Waals surface area contributed by atoms with Crippen LogP contribution in [0.5, 0.6) is 0 Å². The Labute approximate surface area is 92.0 Å². The molecule has 3 nitrogen and oxygen atoms in total. The first kappa shape index (κ1) is 12.5. The van der Waals surface area contributed by atoms with Crippen LogP contribution in [0.1, 0.15) is 52.4 Å². The van der Waals surface area contributed by atoms with Gasteiger partial charge in [-0.05, 0) is 24.2 Å². The molecule has 3 heteroatoms. The normalized spacial score (nSPS) is 24.5. The summed E-state index contributed by atoms with van der Waals surface area (Å²) in [6.45, 7) is 4.17. The summed E-state index contributed by atoms with van der Waals surface area (Å²) in [6, 6.07) is -0.706. The van der Waals surface area contributed by atoms with Crippen LogP contribution in [0.3, 0.4) is 0 Å². The van der Waals surface area contributed by atoms with E-state index in [2.05, 4.69) is 6.92 Å². The highest BCUT2D eigenvalue weighted by Crippen LogP contribution is 2.46. The monoisotopic (exact) mass is 213 g/mol. The molecule has 0 spiro atoms. The molecule has 0 heterocycles. The third kappa shape index (κ3) is 2.51. The van der Waals surface area contributed by atoms with Gasteiger partial charge >= 0.3 is 5.97 Å². The standard InChI is InChI=1S/C12H23NO2/c1-3-12(7-5-4-6-8-12)9(2)10(13)11(14)15/h9-10H,3-8,13H2,1-2H3,(H,14,15). The maximum atomic E-state index is 10.9. The van der Waals surface area contributed by atoms with Crippen LogP contribution < -0.4 is 5.73 Å². The van der Waals surface area contributed by atoms with Crippen molar-refractivity contribution < 1.29 is 9.90 Å². The van der Waals surface area contributed by atoms with E-state index >= 15 is 0 Å². The molecule has 0 saturated heterocycles. The predicted molar refractivity (Wildman–Crippen MR) is 60.6 cm³/mol. The lowest BCUT2D eigenvalue weighted by Crippen LogP contribution is -2.46. The average Bonchev–Trinajstić information content (AvgIpc) is 2.27. The molecule has 0 aromatic carbocycles. The first-order valence-corrected chi connectivity index (χ1v) is 6.02. The minimum absolute atomic E-state index is 0.0836. The van der Waals surface area contributed by atoms with E-state index in [0.717, 1.165) is 19.3 Å². The molecule has 0 aromatic rings. The first-order valence-electron chi connectivity index (χ1n) is 6.02. The second kappa shape index (κ2) is 4.97. The van der Waals surface area contributed by atoms with Crippen molar-refractivity contribution in [2.24, 2.45) is 17.1 Å². The fraction of sp³-hybridized carbons (Fsp3) is 0.917. The highest BCUT2D eigenvalue weighted by Gasteiger charge is 2.40. The maximum Gasteiger partial charge on any atom is 0.320 e. The first-order chi connectivity index (χ1) is 7.03. The number of carboxylic acid groups (broad SMARTS) is 1. The molecule has 1 fully saturated rings. The van der Waals surface area contributed by atoms with Crippen molar-refractivity contribution in [3.8, 4) is 0 Å². The van der Waals surface area contributed by atoms with E-state index in [1.807, 2.05) is 6.92 Å². The Balaban J connectivity index is 2.75. The quantitative estimate of drug-likeness (QED) is 0.753. The summed E-state index contributed by atoms with van der Waals surface area (Å²) in [5, 5.41) is 8.97. The van der Waals surface area contributed by atoms with Gasteiger partial charge in [-0.15, -0.1) is 0 Å². The topological polar surface area (TPSA) is 63.3 Å². The van der Waals surface area contributed by atoms with Crippen molar-refractivity contribution in [3.63, 3.8) is 0 Å². The Morgan fingerprint density at radius 1 is 1.40 bits per heavy atom. The van der Waals surface area contributed by atoms with Gasteiger partial charge in [-0.1, -0.05) is 39.5 Å². The predicted octanol–water partition coefficient (Wildman–Crippen LogP) is 2.39. The lowest BCUT2D eigenvalue weighted by molar-refractivity contribution is -0.141. The largest absolute Gasteiger partial charge is 0.480 e. The molecule has 15 heavy (non-hydrogen) atoms. The molecule has 0 aromatic heterocycles. The number of carbonyl (C=O) groups is 1. The molecule has 0 radical (unpaired) electrons. The molecule has 0 aliphatic heterocycles. The average molecular weight is 213 g/mol. The van der Waals surface area contributed by atoms with E-state index in [0.29, 0.717) is 0 Å². The fourth-order valence-corrected chi connectivity index (χ4v) is 2.98. The lowest BCUT2D eigenvalue weighted by Gasteiger charge is -2.43. The van der Waals surface area contributed by atoms with E-state index in [1.54, 1.807) is 0 Å². The molecule has 1 aliphatic rings. The van der Waals surface area contributed by atoms with Gasteiger partial charge in [0.25, 0.3) is 0 Å². The molecule has 88 valence electrons. The van der Waals surface area contributed by atoms with Crippen molar-refractivity contribution in [2.45, 2.75) is 58.4 Å². The van der Waals surface area contributed by atoms with E-state index in [1.165, 1.54) is 19.3 Å². The molecule has 0 amide bonds. The van der Waals surface area contributed by atoms with Crippen molar-refractivity contribution in [1.82, 2.24) is 0 Å². The third-order valence-electron chi connectivity index (χ3n) is 4.34. The van der Waals surface area contributed by atoms with Crippen molar-refractivity contribution >= 4 is 5.97 Å². The van der Waals surface area contributed by atoms with Gasteiger partial charge in [0.15, 0.2) is 0 Å². The number of rotatable bonds is 4.